The highest BCUT2D eigenvalue weighted by Gasteiger charge is 2.52. The second-order valence-corrected chi connectivity index (χ2v) is 12.0. The molecule has 2 atom stereocenters. The van der Waals surface area contributed by atoms with Gasteiger partial charge in [0.15, 0.2) is 5.82 Å². The summed E-state index contributed by atoms with van der Waals surface area (Å²) in [7, 11) is 0. The van der Waals surface area contributed by atoms with Crippen molar-refractivity contribution in [2.75, 3.05) is 24.7 Å². The molecule has 7 rings (SSSR count). The van der Waals surface area contributed by atoms with Crippen molar-refractivity contribution in [1.29, 1.82) is 0 Å². The predicted molar refractivity (Wildman–Crippen MR) is 123 cm³/mol. The molecule has 1 aromatic rings. The number of amides is 1. The van der Waals surface area contributed by atoms with Crippen LogP contribution in [0.2, 0.25) is 0 Å². The van der Waals surface area contributed by atoms with Crippen molar-refractivity contribution in [3.8, 4) is 0 Å². The Balaban J connectivity index is 1.18. The first-order chi connectivity index (χ1) is 15.6. The summed E-state index contributed by atoms with van der Waals surface area (Å²) in [5.74, 6) is 5.23. The molecule has 1 amide bonds. The van der Waals surface area contributed by atoms with Crippen LogP contribution in [0.1, 0.15) is 84.0 Å². The van der Waals surface area contributed by atoms with Crippen molar-refractivity contribution < 1.29 is 9.53 Å². The topological polar surface area (TPSA) is 60.2 Å². The largest absolute Gasteiger partial charge is 0.381 e. The van der Waals surface area contributed by atoms with E-state index in [1.165, 1.54) is 51.4 Å². The van der Waals surface area contributed by atoms with Gasteiger partial charge in [-0.2, -0.15) is 0 Å². The van der Waals surface area contributed by atoms with Crippen LogP contribution < -0.4 is 4.90 Å². The highest BCUT2D eigenvalue weighted by molar-refractivity contribution is 5.95. The van der Waals surface area contributed by atoms with E-state index >= 15 is 0 Å². The second kappa shape index (κ2) is 8.41. The van der Waals surface area contributed by atoms with Crippen LogP contribution in [0, 0.1) is 35.5 Å². The smallest absolute Gasteiger partial charge is 0.231 e. The molecule has 1 saturated heterocycles. The first-order valence-corrected chi connectivity index (χ1v) is 13.4. The van der Waals surface area contributed by atoms with Crippen molar-refractivity contribution in [3.05, 3.63) is 6.20 Å². The van der Waals surface area contributed by atoms with Gasteiger partial charge in [-0.1, -0.05) is 12.1 Å². The molecule has 6 aliphatic rings. The summed E-state index contributed by atoms with van der Waals surface area (Å²) < 4.78 is 7.87. The Morgan fingerprint density at radius 1 is 1.12 bits per heavy atom. The van der Waals surface area contributed by atoms with Crippen molar-refractivity contribution >= 4 is 11.7 Å². The maximum absolute atomic E-state index is 13.2. The number of carbonyl (C=O) groups excluding carboxylic acids is 1. The number of hydrogen-bond donors (Lipinski definition) is 0. The average molecular weight is 441 g/mol. The summed E-state index contributed by atoms with van der Waals surface area (Å²) in [6, 6.07) is 0. The molecule has 6 heteroatoms. The predicted octanol–water partition coefficient (Wildman–Crippen LogP) is 4.79. The summed E-state index contributed by atoms with van der Waals surface area (Å²) in [6.07, 6.45) is 16.9. The number of anilines is 1. The lowest BCUT2D eigenvalue weighted by atomic mass is 9.53. The van der Waals surface area contributed by atoms with Crippen molar-refractivity contribution in [3.63, 3.8) is 0 Å². The van der Waals surface area contributed by atoms with E-state index in [4.69, 9.17) is 4.74 Å². The molecule has 5 aliphatic carbocycles. The lowest BCUT2D eigenvalue weighted by molar-refractivity contribution is -0.119. The van der Waals surface area contributed by atoms with E-state index in [1.54, 1.807) is 0 Å². The van der Waals surface area contributed by atoms with Crippen LogP contribution in [0.3, 0.4) is 0 Å². The fourth-order valence-corrected chi connectivity index (χ4v) is 7.91. The molecule has 32 heavy (non-hydrogen) atoms. The second-order valence-electron chi connectivity index (χ2n) is 12.0. The van der Waals surface area contributed by atoms with E-state index in [0.29, 0.717) is 11.8 Å². The van der Waals surface area contributed by atoms with E-state index in [-0.39, 0.29) is 17.4 Å². The van der Waals surface area contributed by atoms with Crippen LogP contribution in [0.15, 0.2) is 6.20 Å². The Hall–Kier alpha value is -1.43. The van der Waals surface area contributed by atoms with E-state index in [9.17, 15) is 4.79 Å². The molecule has 0 aromatic carbocycles. The van der Waals surface area contributed by atoms with Crippen LogP contribution in [0.5, 0.6) is 0 Å². The van der Waals surface area contributed by atoms with Crippen LogP contribution in [-0.2, 0) is 15.1 Å². The highest BCUT2D eigenvalue weighted by atomic mass is 16.5. The highest BCUT2D eigenvalue weighted by Crippen LogP contribution is 2.58. The summed E-state index contributed by atoms with van der Waals surface area (Å²) in [6.45, 7) is 4.93. The Labute approximate surface area is 192 Å². The lowest BCUT2D eigenvalue weighted by Gasteiger charge is -2.56. The zero-order chi connectivity index (χ0) is 21.7. The first kappa shape index (κ1) is 21.1. The van der Waals surface area contributed by atoms with Gasteiger partial charge in [-0.25, -0.2) is 4.68 Å². The number of hydrogen-bond acceptors (Lipinski definition) is 4. The molecule has 0 spiro atoms. The molecule has 6 nitrogen and oxygen atoms in total. The molecule has 1 aliphatic heterocycles. The third-order valence-corrected chi connectivity index (χ3v) is 9.55. The van der Waals surface area contributed by atoms with Gasteiger partial charge < -0.3 is 4.74 Å². The van der Waals surface area contributed by atoms with Gasteiger partial charge >= 0.3 is 0 Å². The fourth-order valence-electron chi connectivity index (χ4n) is 7.91. The maximum atomic E-state index is 13.2. The van der Waals surface area contributed by atoms with Crippen molar-refractivity contribution in [2.24, 2.45) is 35.5 Å². The zero-order valence-corrected chi connectivity index (χ0v) is 19.8. The van der Waals surface area contributed by atoms with E-state index in [2.05, 4.69) is 28.1 Å². The summed E-state index contributed by atoms with van der Waals surface area (Å²) in [5.41, 5.74) is 0.169. The molecule has 0 N–H and O–H groups in total. The minimum atomic E-state index is 0.169. The standard InChI is InChI=1S/C26H40N4O2/c1-18(22-3-2-9-32-10-7-22)6-8-29(25(31)23-4-5-23)24-17-30(28-27-24)26-14-19-11-20(15-26)13-21(12-19)16-26/h17-23H,2-16H2,1H3. The van der Waals surface area contributed by atoms with Gasteiger partial charge in [-0.3, -0.25) is 9.69 Å². The lowest BCUT2D eigenvalue weighted by Crippen LogP contribution is -2.52. The molecular weight excluding hydrogens is 400 g/mol. The van der Waals surface area contributed by atoms with Crippen LogP contribution in [0.4, 0.5) is 5.82 Å². The van der Waals surface area contributed by atoms with Crippen molar-refractivity contribution in [2.45, 2.75) is 89.5 Å². The van der Waals surface area contributed by atoms with E-state index in [0.717, 1.165) is 69.0 Å². The Morgan fingerprint density at radius 2 is 1.84 bits per heavy atom. The minimum Gasteiger partial charge on any atom is -0.381 e. The molecule has 6 fully saturated rings. The molecular formula is C26H40N4O2. The normalized spacial score (nSPS) is 37.3. The number of nitrogens with zero attached hydrogens (tertiary/aromatic N) is 4. The summed E-state index contributed by atoms with van der Waals surface area (Å²) >= 11 is 0. The Morgan fingerprint density at radius 3 is 2.53 bits per heavy atom. The number of carbonyl (C=O) groups is 1. The maximum Gasteiger partial charge on any atom is 0.231 e. The third-order valence-electron chi connectivity index (χ3n) is 9.55. The van der Waals surface area contributed by atoms with Gasteiger partial charge in [0.05, 0.1) is 11.7 Å². The molecule has 2 unspecified atom stereocenters. The summed E-state index contributed by atoms with van der Waals surface area (Å²) in [4.78, 5) is 15.2. The zero-order valence-electron chi connectivity index (χ0n) is 19.8. The number of ether oxygens (including phenoxy) is 1. The molecule has 0 radical (unpaired) electrons. The van der Waals surface area contributed by atoms with Gasteiger partial charge in [0.2, 0.25) is 5.91 Å². The van der Waals surface area contributed by atoms with Crippen LogP contribution >= 0.6 is 0 Å². The monoisotopic (exact) mass is 440 g/mol. The molecule has 1 aromatic heterocycles. The van der Waals surface area contributed by atoms with Crippen LogP contribution in [-0.4, -0.2) is 40.7 Å². The molecule has 176 valence electrons. The minimum absolute atomic E-state index is 0.169. The Kier molecular flexibility index (Phi) is 5.55. The van der Waals surface area contributed by atoms with E-state index < -0.39 is 0 Å². The van der Waals surface area contributed by atoms with Gasteiger partial charge in [0, 0.05) is 25.7 Å². The van der Waals surface area contributed by atoms with Crippen LogP contribution in [0.25, 0.3) is 0 Å². The average Bonchev–Trinajstić information content (AvgIpc) is 3.55. The Bertz CT molecular complexity index is 788. The van der Waals surface area contributed by atoms with Gasteiger partial charge in [-0.15, -0.1) is 5.10 Å². The molecule has 2 heterocycles. The molecule has 5 saturated carbocycles. The summed E-state index contributed by atoms with van der Waals surface area (Å²) in [5, 5.41) is 9.28. The quantitative estimate of drug-likeness (QED) is 0.612. The number of aromatic nitrogens is 3. The van der Waals surface area contributed by atoms with Crippen molar-refractivity contribution in [1.82, 2.24) is 15.0 Å². The van der Waals surface area contributed by atoms with E-state index in [1.807, 2.05) is 4.90 Å². The third kappa shape index (κ3) is 4.01. The molecule has 4 bridgehead atoms. The SMILES string of the molecule is CC(CCN(C(=O)C1CC1)c1cn(C23CC4CC(CC(C4)C2)C3)nn1)C1CCCOCC1. The first-order valence-electron chi connectivity index (χ1n) is 13.4. The van der Waals surface area contributed by atoms with Gasteiger partial charge in [0.25, 0.3) is 0 Å². The van der Waals surface area contributed by atoms with Gasteiger partial charge in [-0.05, 0) is 107 Å². The van der Waals surface area contributed by atoms with Gasteiger partial charge in [0.1, 0.15) is 0 Å². The fraction of sp³-hybridized carbons (Fsp3) is 0.885. The number of rotatable bonds is 7.